The van der Waals surface area contributed by atoms with Gasteiger partial charge < -0.3 is 18.9 Å². The van der Waals surface area contributed by atoms with Gasteiger partial charge >= 0.3 is 19.8 Å². The van der Waals surface area contributed by atoms with Crippen molar-refractivity contribution >= 4 is 19.8 Å². The SMILES string of the molecule is CC/C=C\C/C=C\C/C=C\C/C=C\C/C=C\CCCCCC(=O)OC[C@H](COP(=O)(O)OCC[N+](C)(C)C)OC(=O)CCCCCCCCCCCCC. The number of carbonyl (C=O) groups is 2. The highest BCUT2D eigenvalue weighted by Gasteiger charge is 2.27. The summed E-state index contributed by atoms with van der Waals surface area (Å²) >= 11 is 0. The second-order valence-electron chi connectivity index (χ2n) is 15.0. The van der Waals surface area contributed by atoms with Crippen molar-refractivity contribution in [3.8, 4) is 0 Å². The van der Waals surface area contributed by atoms with Crippen LogP contribution < -0.4 is 0 Å². The van der Waals surface area contributed by atoms with Crippen molar-refractivity contribution < 1.29 is 42.1 Å². The van der Waals surface area contributed by atoms with Gasteiger partial charge in [0.25, 0.3) is 0 Å². The first-order valence-corrected chi connectivity index (χ1v) is 22.5. The van der Waals surface area contributed by atoms with Gasteiger partial charge in [-0.05, 0) is 57.8 Å². The molecule has 0 aliphatic heterocycles. The Kier molecular flexibility index (Phi) is 34.8. The topological polar surface area (TPSA) is 108 Å². The third kappa shape index (κ3) is 39.4. The smallest absolute Gasteiger partial charge is 0.462 e. The standard InChI is InChI=1S/C44H78NO8P/c1-6-8-10-12-14-16-18-19-20-21-22-23-24-25-27-28-30-32-34-36-43(46)50-40-42(41-52-54(48,49)51-39-38-45(3,4)5)53-44(47)37-35-33-31-29-26-17-15-13-11-9-7-2/h8,10,14,16,19-20,22-23,25,27,42H,6-7,9,11-13,15,17-18,21,24,26,28-41H2,1-5H3/p+1/b10-8-,16-14-,20-19-,23-22-,27-25-/t42-/m1/s1. The summed E-state index contributed by atoms with van der Waals surface area (Å²) in [6.07, 6.45) is 42.7. The summed E-state index contributed by atoms with van der Waals surface area (Å²) in [6.45, 7) is 4.24. The Labute approximate surface area is 330 Å². The number of hydrogen-bond acceptors (Lipinski definition) is 7. The van der Waals surface area contributed by atoms with Crippen molar-refractivity contribution in [1.29, 1.82) is 0 Å². The number of unbranched alkanes of at least 4 members (excludes halogenated alkanes) is 13. The molecule has 1 N–H and O–H groups in total. The van der Waals surface area contributed by atoms with Gasteiger partial charge in [0.1, 0.15) is 19.8 Å². The van der Waals surface area contributed by atoms with E-state index in [0.29, 0.717) is 23.9 Å². The van der Waals surface area contributed by atoms with Crippen LogP contribution in [-0.4, -0.2) is 74.9 Å². The lowest BCUT2D eigenvalue weighted by Gasteiger charge is -2.24. The van der Waals surface area contributed by atoms with Crippen LogP contribution in [0.3, 0.4) is 0 Å². The van der Waals surface area contributed by atoms with Crippen molar-refractivity contribution in [2.75, 3.05) is 47.5 Å². The number of allylic oxidation sites excluding steroid dienone is 10. The highest BCUT2D eigenvalue weighted by Crippen LogP contribution is 2.43. The van der Waals surface area contributed by atoms with Crippen LogP contribution >= 0.6 is 7.82 Å². The fraction of sp³-hybridized carbons (Fsp3) is 0.727. The van der Waals surface area contributed by atoms with Gasteiger partial charge in [-0.1, -0.05) is 145 Å². The molecule has 0 fully saturated rings. The van der Waals surface area contributed by atoms with Crippen molar-refractivity contribution in [2.24, 2.45) is 0 Å². The van der Waals surface area contributed by atoms with Crippen LogP contribution in [0.4, 0.5) is 0 Å². The van der Waals surface area contributed by atoms with Gasteiger partial charge in [-0.15, -0.1) is 0 Å². The van der Waals surface area contributed by atoms with Gasteiger partial charge in [0.15, 0.2) is 6.10 Å². The molecule has 0 spiro atoms. The van der Waals surface area contributed by atoms with E-state index < -0.39 is 32.5 Å². The maximum absolute atomic E-state index is 12.6. The molecule has 0 aromatic heterocycles. The molecule has 0 saturated heterocycles. The highest BCUT2D eigenvalue weighted by atomic mass is 31.2. The van der Waals surface area contributed by atoms with Crippen molar-refractivity contribution in [2.45, 2.75) is 161 Å². The summed E-state index contributed by atoms with van der Waals surface area (Å²) in [7, 11) is 1.45. The van der Waals surface area contributed by atoms with E-state index >= 15 is 0 Å². The second kappa shape index (κ2) is 36.4. The molecule has 1 unspecified atom stereocenters. The van der Waals surface area contributed by atoms with E-state index in [1.807, 2.05) is 21.1 Å². The minimum absolute atomic E-state index is 0.0245. The number of ether oxygens (including phenoxy) is 2. The molecular weight excluding hydrogens is 701 g/mol. The number of rotatable bonds is 37. The van der Waals surface area contributed by atoms with E-state index in [9.17, 15) is 19.0 Å². The first-order chi connectivity index (χ1) is 26.0. The lowest BCUT2D eigenvalue weighted by Crippen LogP contribution is -2.37. The number of likely N-dealkylation sites (N-methyl/N-ethyl adjacent to an activating group) is 1. The molecule has 9 nitrogen and oxygen atoms in total. The predicted molar refractivity (Wildman–Crippen MR) is 224 cm³/mol. The van der Waals surface area contributed by atoms with Crippen LogP contribution in [0.25, 0.3) is 0 Å². The summed E-state index contributed by atoms with van der Waals surface area (Å²) in [5.74, 6) is -0.841. The molecule has 0 amide bonds. The van der Waals surface area contributed by atoms with Crippen LogP contribution in [0.1, 0.15) is 155 Å². The predicted octanol–water partition coefficient (Wildman–Crippen LogP) is 11.7. The van der Waals surface area contributed by atoms with Crippen LogP contribution in [0.15, 0.2) is 60.8 Å². The van der Waals surface area contributed by atoms with Gasteiger partial charge in [-0.2, -0.15) is 0 Å². The van der Waals surface area contributed by atoms with Crippen molar-refractivity contribution in [1.82, 2.24) is 0 Å². The molecule has 54 heavy (non-hydrogen) atoms. The molecule has 0 rings (SSSR count). The molecular formula is C44H79NO8P+. The zero-order valence-corrected chi connectivity index (χ0v) is 35.8. The van der Waals surface area contributed by atoms with Gasteiger partial charge in [0, 0.05) is 12.8 Å². The van der Waals surface area contributed by atoms with Gasteiger partial charge in [0.2, 0.25) is 0 Å². The number of carbonyl (C=O) groups excluding carboxylic acids is 2. The molecule has 0 aromatic carbocycles. The van der Waals surface area contributed by atoms with E-state index in [1.54, 1.807) is 0 Å². The van der Waals surface area contributed by atoms with Crippen LogP contribution in [-0.2, 0) is 32.7 Å². The lowest BCUT2D eigenvalue weighted by molar-refractivity contribution is -0.870. The van der Waals surface area contributed by atoms with Gasteiger partial charge in [-0.3, -0.25) is 18.6 Å². The molecule has 0 aromatic rings. The molecule has 0 aliphatic carbocycles. The zero-order valence-electron chi connectivity index (χ0n) is 34.9. The third-order valence-electron chi connectivity index (χ3n) is 8.56. The Balaban J connectivity index is 4.42. The number of hydrogen-bond donors (Lipinski definition) is 1. The fourth-order valence-corrected chi connectivity index (χ4v) is 6.02. The maximum Gasteiger partial charge on any atom is 0.472 e. The average Bonchev–Trinajstić information content (AvgIpc) is 3.12. The van der Waals surface area contributed by atoms with Gasteiger partial charge in [0.05, 0.1) is 27.7 Å². The van der Waals surface area contributed by atoms with E-state index in [4.69, 9.17) is 18.5 Å². The Hall–Kier alpha value is -2.29. The first kappa shape index (κ1) is 51.7. The maximum atomic E-state index is 12.6. The van der Waals surface area contributed by atoms with Crippen molar-refractivity contribution in [3.63, 3.8) is 0 Å². The molecule has 0 radical (unpaired) electrons. The molecule has 0 aliphatic rings. The summed E-state index contributed by atoms with van der Waals surface area (Å²) in [5.41, 5.74) is 0. The zero-order chi connectivity index (χ0) is 40.0. The lowest BCUT2D eigenvalue weighted by atomic mass is 10.1. The number of quaternary nitrogens is 1. The number of phosphoric ester groups is 1. The molecule has 2 atom stereocenters. The first-order valence-electron chi connectivity index (χ1n) is 21.0. The number of esters is 2. The molecule has 10 heteroatoms. The molecule has 312 valence electrons. The largest absolute Gasteiger partial charge is 0.472 e. The Morgan fingerprint density at radius 1 is 0.593 bits per heavy atom. The average molecular weight is 781 g/mol. The minimum atomic E-state index is -4.38. The Bertz CT molecular complexity index is 1110. The highest BCUT2D eigenvalue weighted by molar-refractivity contribution is 7.47. The molecule has 0 bridgehead atoms. The quantitative estimate of drug-likeness (QED) is 0.0218. The van der Waals surface area contributed by atoms with E-state index in [-0.39, 0.29) is 26.1 Å². The fourth-order valence-electron chi connectivity index (χ4n) is 5.27. The number of nitrogens with zero attached hydrogens (tertiary/aromatic N) is 1. The summed E-state index contributed by atoms with van der Waals surface area (Å²) < 4.78 is 34.2. The van der Waals surface area contributed by atoms with Crippen LogP contribution in [0.5, 0.6) is 0 Å². The Morgan fingerprint density at radius 2 is 1.06 bits per heavy atom. The normalized spacial score (nSPS) is 14.3. The number of phosphoric acid groups is 1. The monoisotopic (exact) mass is 781 g/mol. The minimum Gasteiger partial charge on any atom is -0.462 e. The summed E-state index contributed by atoms with van der Waals surface area (Å²) in [5, 5.41) is 0. The second-order valence-corrected chi connectivity index (χ2v) is 16.5. The van der Waals surface area contributed by atoms with Gasteiger partial charge in [-0.25, -0.2) is 4.57 Å². The molecule has 0 saturated carbocycles. The van der Waals surface area contributed by atoms with Crippen molar-refractivity contribution in [3.05, 3.63) is 60.8 Å². The summed E-state index contributed by atoms with van der Waals surface area (Å²) in [4.78, 5) is 35.3. The van der Waals surface area contributed by atoms with E-state index in [2.05, 4.69) is 74.6 Å². The molecule has 0 heterocycles. The Morgan fingerprint density at radius 3 is 1.57 bits per heavy atom. The summed E-state index contributed by atoms with van der Waals surface area (Å²) in [6, 6.07) is 0. The van der Waals surface area contributed by atoms with Crippen LogP contribution in [0.2, 0.25) is 0 Å². The van der Waals surface area contributed by atoms with E-state index in [0.717, 1.165) is 64.2 Å². The third-order valence-corrected chi connectivity index (χ3v) is 9.55. The van der Waals surface area contributed by atoms with Crippen LogP contribution in [0, 0.1) is 0 Å². The van der Waals surface area contributed by atoms with E-state index in [1.165, 1.54) is 51.4 Å².